The van der Waals surface area contributed by atoms with Crippen LogP contribution in [0.25, 0.3) is 5.69 Å². The van der Waals surface area contributed by atoms with Gasteiger partial charge in [0.15, 0.2) is 6.10 Å². The second kappa shape index (κ2) is 8.27. The van der Waals surface area contributed by atoms with Gasteiger partial charge in [0.05, 0.1) is 5.69 Å². The van der Waals surface area contributed by atoms with Gasteiger partial charge in [-0.3, -0.25) is 9.59 Å². The van der Waals surface area contributed by atoms with Crippen LogP contribution in [-0.2, 0) is 4.79 Å². The van der Waals surface area contributed by atoms with Crippen molar-refractivity contribution in [3.8, 4) is 11.6 Å². The zero-order chi connectivity index (χ0) is 20.3. The van der Waals surface area contributed by atoms with Gasteiger partial charge in [-0.15, -0.1) is 5.10 Å². The fourth-order valence-corrected chi connectivity index (χ4v) is 2.79. The van der Waals surface area contributed by atoms with Gasteiger partial charge in [-0.25, -0.2) is 0 Å². The maximum atomic E-state index is 12.4. The molecule has 0 aliphatic carbocycles. The highest BCUT2D eigenvalue weighted by atomic mass is 35.5. The normalized spacial score (nSPS) is 11.7. The monoisotopic (exact) mass is 397 g/mol. The summed E-state index contributed by atoms with van der Waals surface area (Å²) in [6, 6.07) is 15.5. The molecule has 7 heteroatoms. The standard InChI is InChI=1S/C21H20ClN3O3/c1-13-6-4-5-7-17(13)23-21(27)15(3)28-19-10-11-20(26)25(24-19)18-12-16(22)9-8-14(18)2/h4-12,15H,1-3H3,(H,23,27)/t15-/m0/s1. The van der Waals surface area contributed by atoms with Gasteiger partial charge in [0.1, 0.15) is 0 Å². The molecule has 0 saturated carbocycles. The quantitative estimate of drug-likeness (QED) is 0.708. The van der Waals surface area contributed by atoms with Gasteiger partial charge in [-0.1, -0.05) is 35.9 Å². The molecular weight excluding hydrogens is 378 g/mol. The summed E-state index contributed by atoms with van der Waals surface area (Å²) in [4.78, 5) is 24.7. The second-order valence-corrected chi connectivity index (χ2v) is 6.85. The number of hydrogen-bond acceptors (Lipinski definition) is 4. The molecule has 1 heterocycles. The number of ether oxygens (including phenoxy) is 1. The first-order valence-electron chi connectivity index (χ1n) is 8.75. The fourth-order valence-electron chi connectivity index (χ4n) is 2.62. The van der Waals surface area contributed by atoms with Crippen molar-refractivity contribution in [2.24, 2.45) is 0 Å². The third kappa shape index (κ3) is 4.40. The molecule has 0 fully saturated rings. The van der Waals surface area contributed by atoms with E-state index in [4.69, 9.17) is 16.3 Å². The molecule has 2 aromatic carbocycles. The minimum Gasteiger partial charge on any atom is -0.463 e. The number of anilines is 1. The van der Waals surface area contributed by atoms with Crippen molar-refractivity contribution < 1.29 is 9.53 Å². The van der Waals surface area contributed by atoms with Gasteiger partial charge in [-0.2, -0.15) is 4.68 Å². The first-order valence-corrected chi connectivity index (χ1v) is 9.13. The number of benzene rings is 2. The zero-order valence-electron chi connectivity index (χ0n) is 15.8. The van der Waals surface area contributed by atoms with E-state index >= 15 is 0 Å². The van der Waals surface area contributed by atoms with Crippen LogP contribution in [0.2, 0.25) is 5.02 Å². The first kappa shape index (κ1) is 19.6. The number of rotatable bonds is 5. The Hall–Kier alpha value is -3.12. The van der Waals surface area contributed by atoms with Gasteiger partial charge in [0, 0.05) is 22.8 Å². The maximum absolute atomic E-state index is 12.4. The van der Waals surface area contributed by atoms with Crippen molar-refractivity contribution in [3.63, 3.8) is 0 Å². The SMILES string of the molecule is Cc1ccccc1NC(=O)[C@H](C)Oc1ccc(=O)n(-c2cc(Cl)ccc2C)n1. The molecule has 1 aromatic heterocycles. The van der Waals surface area contributed by atoms with Crippen molar-refractivity contribution in [2.75, 3.05) is 5.32 Å². The van der Waals surface area contributed by atoms with E-state index in [9.17, 15) is 9.59 Å². The smallest absolute Gasteiger partial charge is 0.271 e. The third-order valence-corrected chi connectivity index (χ3v) is 4.48. The Balaban J connectivity index is 1.81. The minimum atomic E-state index is -0.807. The predicted molar refractivity (Wildman–Crippen MR) is 109 cm³/mol. The summed E-state index contributed by atoms with van der Waals surface area (Å²) in [5.74, 6) is -0.154. The summed E-state index contributed by atoms with van der Waals surface area (Å²) >= 11 is 6.05. The molecule has 28 heavy (non-hydrogen) atoms. The molecule has 0 saturated heterocycles. The number of amides is 1. The van der Waals surface area contributed by atoms with Crippen molar-refractivity contribution in [3.05, 3.63) is 81.1 Å². The van der Waals surface area contributed by atoms with E-state index in [1.165, 1.54) is 16.8 Å². The number of carbonyl (C=O) groups is 1. The number of halogens is 1. The molecule has 0 aliphatic rings. The summed E-state index contributed by atoms with van der Waals surface area (Å²) in [6.07, 6.45) is -0.807. The Kier molecular flexibility index (Phi) is 5.80. The molecule has 3 rings (SSSR count). The van der Waals surface area contributed by atoms with E-state index in [1.807, 2.05) is 38.1 Å². The predicted octanol–water partition coefficient (Wildman–Crippen LogP) is 3.91. The van der Waals surface area contributed by atoms with Crippen LogP contribution in [0.3, 0.4) is 0 Å². The lowest BCUT2D eigenvalue weighted by atomic mass is 10.2. The highest BCUT2D eigenvalue weighted by Crippen LogP contribution is 2.19. The van der Waals surface area contributed by atoms with Gasteiger partial charge in [0.25, 0.3) is 11.5 Å². The lowest BCUT2D eigenvalue weighted by Gasteiger charge is -2.16. The number of aryl methyl sites for hydroxylation is 2. The summed E-state index contributed by atoms with van der Waals surface area (Å²) in [5.41, 5.74) is 2.73. The largest absolute Gasteiger partial charge is 0.463 e. The van der Waals surface area contributed by atoms with Crippen LogP contribution in [-0.4, -0.2) is 21.8 Å². The van der Waals surface area contributed by atoms with Crippen molar-refractivity contribution in [1.82, 2.24) is 9.78 Å². The number of aromatic nitrogens is 2. The topological polar surface area (TPSA) is 73.2 Å². The molecule has 0 bridgehead atoms. The molecule has 0 spiro atoms. The summed E-state index contributed by atoms with van der Waals surface area (Å²) < 4.78 is 6.87. The average molecular weight is 398 g/mol. The van der Waals surface area contributed by atoms with Gasteiger partial charge < -0.3 is 10.1 Å². The lowest BCUT2D eigenvalue weighted by molar-refractivity contribution is -0.122. The van der Waals surface area contributed by atoms with Crippen LogP contribution in [0.15, 0.2) is 59.4 Å². The summed E-state index contributed by atoms with van der Waals surface area (Å²) in [7, 11) is 0. The Labute approximate surface area is 167 Å². The minimum absolute atomic E-state index is 0.159. The van der Waals surface area contributed by atoms with Crippen LogP contribution in [0, 0.1) is 13.8 Å². The number of hydrogen-bond donors (Lipinski definition) is 1. The highest BCUT2D eigenvalue weighted by Gasteiger charge is 2.17. The number of carbonyl (C=O) groups excluding carboxylic acids is 1. The van der Waals surface area contributed by atoms with Crippen LogP contribution < -0.4 is 15.6 Å². The molecule has 1 amide bonds. The average Bonchev–Trinajstić information content (AvgIpc) is 2.67. The van der Waals surface area contributed by atoms with Crippen molar-refractivity contribution >= 4 is 23.2 Å². The third-order valence-electron chi connectivity index (χ3n) is 4.24. The van der Waals surface area contributed by atoms with E-state index in [0.29, 0.717) is 10.7 Å². The molecule has 0 unspecified atom stereocenters. The molecule has 0 radical (unpaired) electrons. The Bertz CT molecular complexity index is 1080. The number of nitrogens with zero attached hydrogens (tertiary/aromatic N) is 2. The Morgan fingerprint density at radius 1 is 1.11 bits per heavy atom. The number of nitrogens with one attached hydrogen (secondary N) is 1. The van der Waals surface area contributed by atoms with E-state index in [0.717, 1.165) is 16.8 Å². The van der Waals surface area contributed by atoms with E-state index in [-0.39, 0.29) is 17.3 Å². The van der Waals surface area contributed by atoms with Crippen LogP contribution in [0.5, 0.6) is 5.88 Å². The second-order valence-electron chi connectivity index (χ2n) is 6.42. The highest BCUT2D eigenvalue weighted by molar-refractivity contribution is 6.30. The molecular formula is C21H20ClN3O3. The van der Waals surface area contributed by atoms with Gasteiger partial charge in [-0.05, 0) is 50.1 Å². The van der Waals surface area contributed by atoms with E-state index in [1.54, 1.807) is 25.1 Å². The molecule has 0 aliphatic heterocycles. The molecule has 3 aromatic rings. The van der Waals surface area contributed by atoms with Crippen molar-refractivity contribution in [2.45, 2.75) is 26.9 Å². The van der Waals surface area contributed by atoms with Crippen LogP contribution in [0.4, 0.5) is 5.69 Å². The van der Waals surface area contributed by atoms with Crippen LogP contribution >= 0.6 is 11.6 Å². The first-order chi connectivity index (χ1) is 13.3. The summed E-state index contributed by atoms with van der Waals surface area (Å²) in [6.45, 7) is 5.38. The Morgan fingerprint density at radius 3 is 2.61 bits per heavy atom. The summed E-state index contributed by atoms with van der Waals surface area (Å²) in [5, 5.41) is 7.55. The Morgan fingerprint density at radius 2 is 1.86 bits per heavy atom. The molecule has 144 valence electrons. The van der Waals surface area contributed by atoms with E-state index in [2.05, 4.69) is 10.4 Å². The maximum Gasteiger partial charge on any atom is 0.271 e. The molecule has 1 N–H and O–H groups in total. The number of para-hydroxylation sites is 1. The van der Waals surface area contributed by atoms with Crippen LogP contribution in [0.1, 0.15) is 18.1 Å². The van der Waals surface area contributed by atoms with Gasteiger partial charge in [0.2, 0.25) is 5.88 Å². The van der Waals surface area contributed by atoms with Crippen molar-refractivity contribution in [1.29, 1.82) is 0 Å². The van der Waals surface area contributed by atoms with E-state index < -0.39 is 6.10 Å². The molecule has 1 atom stereocenters. The van der Waals surface area contributed by atoms with Gasteiger partial charge >= 0.3 is 0 Å². The lowest BCUT2D eigenvalue weighted by Crippen LogP contribution is -2.31. The molecule has 6 nitrogen and oxygen atoms in total. The fraction of sp³-hybridized carbons (Fsp3) is 0.190. The zero-order valence-corrected chi connectivity index (χ0v) is 16.5.